The molecular weight excluding hydrogens is 476 g/mol. The van der Waals surface area contributed by atoms with Crippen molar-refractivity contribution in [1.29, 1.82) is 0 Å². The van der Waals surface area contributed by atoms with Crippen LogP contribution >= 0.6 is 0 Å². The van der Waals surface area contributed by atoms with Crippen LogP contribution in [0.4, 0.5) is 0 Å². The fraction of sp³-hybridized carbons (Fsp3) is 0.379. The average molecular weight is 517 g/mol. The van der Waals surface area contributed by atoms with Crippen LogP contribution in [0.2, 0.25) is 0 Å². The van der Waals surface area contributed by atoms with E-state index in [1.165, 1.54) is 25.0 Å². The summed E-state index contributed by atoms with van der Waals surface area (Å²) in [4.78, 5) is 19.2. The van der Waals surface area contributed by atoms with Crippen molar-refractivity contribution in [3.63, 3.8) is 0 Å². The number of carboxylic acid groups (broad SMARTS) is 2. The van der Waals surface area contributed by atoms with E-state index < -0.39 is 24.1 Å². The normalized spacial score (nSPS) is 11.9. The predicted octanol–water partition coefficient (Wildman–Crippen LogP) is 4.83. The minimum absolute atomic E-state index is 0.161. The second-order valence-electron chi connectivity index (χ2n) is 9.16. The number of rotatable bonds is 10. The zero-order valence-electron chi connectivity index (χ0n) is 22.5. The van der Waals surface area contributed by atoms with Gasteiger partial charge in [-0.2, -0.15) is 0 Å². The van der Waals surface area contributed by atoms with Crippen molar-refractivity contribution in [2.75, 3.05) is 13.2 Å². The van der Waals surface area contributed by atoms with Crippen LogP contribution in [0.3, 0.4) is 0 Å². The van der Waals surface area contributed by atoms with Crippen molar-refractivity contribution in [1.82, 2.24) is 0 Å². The van der Waals surface area contributed by atoms with Gasteiger partial charge in [0.15, 0.2) is 0 Å². The molecule has 0 bridgehead atoms. The maximum Gasteiger partial charge on any atom is 0.330 e. The first-order chi connectivity index (χ1) is 17.1. The van der Waals surface area contributed by atoms with E-state index in [-0.39, 0.29) is 29.8 Å². The lowest BCUT2D eigenvalue weighted by atomic mass is 9.78. The zero-order chi connectivity index (χ0) is 28.8. The highest BCUT2D eigenvalue weighted by molar-refractivity contribution is 5.85. The Kier molecular flexibility index (Phi) is 14.6. The highest BCUT2D eigenvalue weighted by atomic mass is 16.5. The second-order valence-corrected chi connectivity index (χ2v) is 9.16. The monoisotopic (exact) mass is 516 g/mol. The van der Waals surface area contributed by atoms with Gasteiger partial charge in [0.2, 0.25) is 0 Å². The van der Waals surface area contributed by atoms with E-state index in [2.05, 4.69) is 51.3 Å². The number of hydrogen-bond acceptors (Lipinski definition) is 6. The lowest BCUT2D eigenvalue weighted by Crippen LogP contribution is -2.19. The molecule has 0 saturated heterocycles. The molecule has 0 aliphatic carbocycles. The molecule has 0 radical (unpaired) electrons. The fourth-order valence-corrected chi connectivity index (χ4v) is 2.54. The van der Waals surface area contributed by atoms with Crippen molar-refractivity contribution in [2.24, 2.45) is 0 Å². The number of aliphatic hydroxyl groups is 2. The molecule has 0 aliphatic rings. The Balaban J connectivity index is 0.000000896. The van der Waals surface area contributed by atoms with E-state index in [9.17, 15) is 19.8 Å². The second kappa shape index (κ2) is 16.2. The zero-order valence-corrected chi connectivity index (χ0v) is 22.5. The molecule has 0 fully saturated rings. The number of aliphatic hydroxyl groups excluding tert-OH is 2. The summed E-state index contributed by atoms with van der Waals surface area (Å²) in [5.74, 6) is -0.366. The third-order valence-corrected chi connectivity index (χ3v) is 4.86. The Hall–Kier alpha value is -3.62. The molecule has 0 aliphatic heterocycles. The number of hydrogen-bond donors (Lipinski definition) is 4. The molecule has 2 aromatic carbocycles. The first-order valence-electron chi connectivity index (χ1n) is 11.7. The number of ether oxygens (including phenoxy) is 2. The summed E-state index contributed by atoms with van der Waals surface area (Å²) in [5.41, 5.74) is 2.54. The number of benzene rings is 2. The van der Waals surface area contributed by atoms with Gasteiger partial charge in [-0.05, 0) is 63.1 Å². The summed E-state index contributed by atoms with van der Waals surface area (Å²) in [5, 5.41) is 34.4. The molecule has 4 N–H and O–H groups in total. The average Bonchev–Trinajstić information content (AvgIpc) is 2.82. The minimum atomic E-state index is -0.935. The standard InChI is InChI=1S/C21H28O4.2C4H6O2/c1-15(22)13-24-19-9-5-17(6-10-19)21(3,4)18-7-11-20(12-8-18)25-14-16(2)23;2*1-3(2)4(5)6/h5-12,15-16,22-23H,13-14H2,1-4H3;2*1H2,2H3,(H,5,6). The predicted molar refractivity (Wildman–Crippen MR) is 144 cm³/mol. The quantitative estimate of drug-likeness (QED) is 0.330. The van der Waals surface area contributed by atoms with E-state index in [0.29, 0.717) is 0 Å². The topological polar surface area (TPSA) is 134 Å². The van der Waals surface area contributed by atoms with E-state index in [0.717, 1.165) is 11.5 Å². The maximum atomic E-state index is 9.60. The maximum absolute atomic E-state index is 9.60. The van der Waals surface area contributed by atoms with Gasteiger partial charge in [0.25, 0.3) is 0 Å². The Morgan fingerprint density at radius 2 is 0.973 bits per heavy atom. The van der Waals surface area contributed by atoms with Crippen molar-refractivity contribution >= 4 is 11.9 Å². The van der Waals surface area contributed by atoms with Crippen LogP contribution in [-0.2, 0) is 15.0 Å². The molecule has 2 atom stereocenters. The first kappa shape index (κ1) is 33.4. The smallest absolute Gasteiger partial charge is 0.330 e. The summed E-state index contributed by atoms with van der Waals surface area (Å²) in [6.45, 7) is 17.5. The van der Waals surface area contributed by atoms with Gasteiger partial charge in [-0.15, -0.1) is 0 Å². The number of carbonyl (C=O) groups is 2. The van der Waals surface area contributed by atoms with Crippen LogP contribution in [0.1, 0.15) is 52.7 Å². The van der Waals surface area contributed by atoms with Gasteiger partial charge in [0.05, 0.1) is 12.2 Å². The number of aliphatic carboxylic acids is 2. The van der Waals surface area contributed by atoms with Gasteiger partial charge in [0.1, 0.15) is 24.7 Å². The molecule has 37 heavy (non-hydrogen) atoms. The van der Waals surface area contributed by atoms with Gasteiger partial charge in [-0.1, -0.05) is 51.3 Å². The molecule has 0 amide bonds. The molecule has 2 aromatic rings. The highest BCUT2D eigenvalue weighted by Crippen LogP contribution is 2.33. The molecule has 8 nitrogen and oxygen atoms in total. The van der Waals surface area contributed by atoms with Gasteiger partial charge in [-0.3, -0.25) is 0 Å². The minimum Gasteiger partial charge on any atom is -0.491 e. The van der Waals surface area contributed by atoms with Gasteiger partial charge in [-0.25, -0.2) is 9.59 Å². The Labute approximate surface area is 219 Å². The molecular formula is C29H40O8. The highest BCUT2D eigenvalue weighted by Gasteiger charge is 2.23. The van der Waals surface area contributed by atoms with E-state index in [1.807, 2.05) is 24.3 Å². The van der Waals surface area contributed by atoms with E-state index in [4.69, 9.17) is 19.7 Å². The van der Waals surface area contributed by atoms with Crippen molar-refractivity contribution in [2.45, 2.75) is 59.2 Å². The van der Waals surface area contributed by atoms with Gasteiger partial charge in [0, 0.05) is 16.6 Å². The SMILES string of the molecule is C=C(C)C(=O)O.C=C(C)C(=O)O.CC(O)COc1ccc(C(C)(C)c2ccc(OCC(C)O)cc2)cc1. The van der Waals surface area contributed by atoms with Gasteiger partial charge < -0.3 is 29.9 Å². The summed E-state index contributed by atoms with van der Waals surface area (Å²) >= 11 is 0. The van der Waals surface area contributed by atoms with Gasteiger partial charge >= 0.3 is 11.9 Å². The Bertz CT molecular complexity index is 898. The lowest BCUT2D eigenvalue weighted by molar-refractivity contribution is -0.133. The molecule has 2 unspecified atom stereocenters. The van der Waals surface area contributed by atoms with Crippen molar-refractivity contribution < 1.29 is 39.5 Å². The largest absolute Gasteiger partial charge is 0.491 e. The van der Waals surface area contributed by atoms with Crippen molar-refractivity contribution in [3.05, 3.63) is 84.0 Å². The summed E-state index contributed by atoms with van der Waals surface area (Å²) in [7, 11) is 0. The van der Waals surface area contributed by atoms with Crippen LogP contribution in [-0.4, -0.2) is 57.8 Å². The third kappa shape index (κ3) is 13.9. The lowest BCUT2D eigenvalue weighted by Gasteiger charge is -2.26. The van der Waals surface area contributed by atoms with Crippen LogP contribution in [0.15, 0.2) is 72.8 Å². The van der Waals surface area contributed by atoms with Crippen LogP contribution in [0.25, 0.3) is 0 Å². The first-order valence-corrected chi connectivity index (χ1v) is 11.7. The van der Waals surface area contributed by atoms with E-state index >= 15 is 0 Å². The molecule has 0 aromatic heterocycles. The van der Waals surface area contributed by atoms with Crippen molar-refractivity contribution in [3.8, 4) is 11.5 Å². The number of carboxylic acids is 2. The summed E-state index contributed by atoms with van der Waals surface area (Å²) < 4.78 is 11.0. The van der Waals surface area contributed by atoms with Crippen LogP contribution in [0.5, 0.6) is 11.5 Å². The van der Waals surface area contributed by atoms with Crippen LogP contribution in [0, 0.1) is 0 Å². The molecule has 2 rings (SSSR count). The molecule has 8 heteroatoms. The molecule has 0 saturated carbocycles. The summed E-state index contributed by atoms with van der Waals surface area (Å²) in [6, 6.07) is 15.9. The third-order valence-electron chi connectivity index (χ3n) is 4.86. The Morgan fingerprint density at radius 1 is 0.730 bits per heavy atom. The van der Waals surface area contributed by atoms with E-state index in [1.54, 1.807) is 13.8 Å². The molecule has 0 spiro atoms. The van der Waals surface area contributed by atoms with Crippen LogP contribution < -0.4 is 9.47 Å². The summed E-state index contributed by atoms with van der Waals surface area (Å²) in [6.07, 6.45) is -0.962. The molecule has 0 heterocycles. The molecule has 204 valence electrons. The fourth-order valence-electron chi connectivity index (χ4n) is 2.54. The Morgan fingerprint density at radius 3 is 1.16 bits per heavy atom.